The number of halogens is 1. The van der Waals surface area contributed by atoms with Gasteiger partial charge in [0.1, 0.15) is 11.9 Å². The molecule has 0 spiro atoms. The van der Waals surface area contributed by atoms with Crippen LogP contribution >= 0.6 is 0 Å². The van der Waals surface area contributed by atoms with Crippen molar-refractivity contribution in [2.45, 2.75) is 57.2 Å². The molecule has 33 heavy (non-hydrogen) atoms. The Hall–Kier alpha value is -2.94. The van der Waals surface area contributed by atoms with Gasteiger partial charge in [-0.2, -0.15) is 0 Å². The van der Waals surface area contributed by atoms with Crippen molar-refractivity contribution in [3.8, 4) is 11.4 Å². The van der Waals surface area contributed by atoms with Gasteiger partial charge in [0.05, 0.1) is 23.4 Å². The molecule has 0 saturated heterocycles. The minimum absolute atomic E-state index is 0.0971. The maximum absolute atomic E-state index is 14.8. The summed E-state index contributed by atoms with van der Waals surface area (Å²) in [6.45, 7) is 1.92. The fourth-order valence-electron chi connectivity index (χ4n) is 6.03. The van der Waals surface area contributed by atoms with Gasteiger partial charge in [0, 0.05) is 41.1 Å². The highest BCUT2D eigenvalue weighted by Crippen LogP contribution is 2.47. The van der Waals surface area contributed by atoms with Gasteiger partial charge in [-0.15, -0.1) is 0 Å². The number of hydrogen-bond donors (Lipinski definition) is 3. The summed E-state index contributed by atoms with van der Waals surface area (Å²) in [7, 11) is 0. The summed E-state index contributed by atoms with van der Waals surface area (Å²) in [5, 5.41) is 21.1. The van der Waals surface area contributed by atoms with E-state index in [-0.39, 0.29) is 36.7 Å². The topological polar surface area (TPSA) is 118 Å². The molecule has 8 heteroatoms. The summed E-state index contributed by atoms with van der Waals surface area (Å²) in [4.78, 5) is 30.3. The maximum atomic E-state index is 14.8. The molecule has 7 nitrogen and oxygen atoms in total. The smallest absolute Gasteiger partial charge is 0.254 e. The molecule has 2 unspecified atom stereocenters. The number of aliphatic hydroxyl groups is 2. The van der Waals surface area contributed by atoms with Gasteiger partial charge in [0.2, 0.25) is 0 Å². The Morgan fingerprint density at radius 1 is 1.21 bits per heavy atom. The average molecular weight is 449 g/mol. The van der Waals surface area contributed by atoms with E-state index in [1.54, 1.807) is 17.6 Å². The van der Waals surface area contributed by atoms with Gasteiger partial charge < -0.3 is 20.5 Å². The van der Waals surface area contributed by atoms with Crippen LogP contribution in [0.15, 0.2) is 16.9 Å². The Kier molecular flexibility index (Phi) is 4.25. The van der Waals surface area contributed by atoms with E-state index in [9.17, 15) is 24.2 Å². The van der Waals surface area contributed by atoms with E-state index in [2.05, 4.69) is 0 Å². The largest absolute Gasteiger partial charge is 0.396 e. The van der Waals surface area contributed by atoms with Crippen LogP contribution in [0.5, 0.6) is 0 Å². The molecule has 3 aromatic rings. The molecular weight excluding hydrogens is 425 g/mol. The van der Waals surface area contributed by atoms with Crippen LogP contribution in [0.1, 0.15) is 58.7 Å². The lowest BCUT2D eigenvalue weighted by Crippen LogP contribution is -2.42. The first-order chi connectivity index (χ1) is 15.7. The highest BCUT2D eigenvalue weighted by molar-refractivity contribution is 5.94. The molecule has 3 aliphatic rings. The van der Waals surface area contributed by atoms with E-state index in [0.29, 0.717) is 59.3 Å². The van der Waals surface area contributed by atoms with E-state index in [1.807, 2.05) is 0 Å². The van der Waals surface area contributed by atoms with Crippen molar-refractivity contribution < 1.29 is 19.4 Å². The molecule has 1 aromatic carbocycles. The molecule has 3 heterocycles. The van der Waals surface area contributed by atoms with Gasteiger partial charge in [0.15, 0.2) is 5.78 Å². The predicted octanol–water partition coefficient (Wildman–Crippen LogP) is 1.90. The molecule has 2 aromatic heterocycles. The summed E-state index contributed by atoms with van der Waals surface area (Å²) in [5.41, 5.74) is 11.1. The fraction of sp³-hybridized carbons (Fsp3) is 0.400. The number of carbonyl (C=O) groups is 1. The zero-order valence-electron chi connectivity index (χ0n) is 18.2. The number of rotatable bonds is 2. The van der Waals surface area contributed by atoms with Crippen molar-refractivity contribution in [1.82, 2.24) is 9.55 Å². The summed E-state index contributed by atoms with van der Waals surface area (Å²) in [6.07, 6.45) is 0.565. The lowest BCUT2D eigenvalue weighted by molar-refractivity contribution is -0.128. The minimum atomic E-state index is -1.33. The van der Waals surface area contributed by atoms with Crippen LogP contribution in [-0.2, 0) is 29.7 Å². The molecule has 6 rings (SSSR count). The highest BCUT2D eigenvalue weighted by atomic mass is 19.1. The molecular formula is C25H24FN3O4. The van der Waals surface area contributed by atoms with Crippen molar-refractivity contribution >= 4 is 16.7 Å². The molecule has 1 aliphatic heterocycles. The highest BCUT2D eigenvalue weighted by Gasteiger charge is 2.41. The summed E-state index contributed by atoms with van der Waals surface area (Å²) in [5.74, 6) is -0.651. The van der Waals surface area contributed by atoms with E-state index < -0.39 is 11.6 Å². The second kappa shape index (κ2) is 6.79. The molecule has 170 valence electrons. The quantitative estimate of drug-likeness (QED) is 0.430. The molecule has 0 radical (unpaired) electrons. The Balaban J connectivity index is 1.71. The van der Waals surface area contributed by atoms with Gasteiger partial charge in [-0.25, -0.2) is 9.37 Å². The molecule has 0 saturated carbocycles. The van der Waals surface area contributed by atoms with Gasteiger partial charge in [-0.05, 0) is 60.9 Å². The Bertz CT molecular complexity index is 1460. The van der Waals surface area contributed by atoms with Crippen molar-refractivity contribution in [2.75, 3.05) is 6.61 Å². The molecule has 4 N–H and O–H groups in total. The Labute approximate surface area is 188 Å². The standard InChI is InChI=1S/C25H24FN3O4/c1-11-12-4-5-25(27,6-7-30)21-15-10-29-18(22(15)28-17(20(12)21)9-16(11)26)8-14-13(24(29)33)2-3-19(31)23(14)32/h8-9,23,30,32H,2-7,10,27H2,1H3. The fourth-order valence-corrected chi connectivity index (χ4v) is 6.03. The second-order valence-corrected chi connectivity index (χ2v) is 9.52. The number of nitrogens with zero attached hydrogens (tertiary/aromatic N) is 2. The first-order valence-electron chi connectivity index (χ1n) is 11.3. The number of fused-ring (bicyclic) bond motifs is 5. The SMILES string of the molecule is Cc1c(F)cc2nc3c(c4c2c1CCC4(N)CCO)Cn1c-3cc2c(c1=O)CCC(=O)C2O. The number of carbonyl (C=O) groups excluding carboxylic acids is 1. The molecule has 0 bridgehead atoms. The van der Waals surface area contributed by atoms with E-state index in [0.717, 1.165) is 22.1 Å². The summed E-state index contributed by atoms with van der Waals surface area (Å²) < 4.78 is 16.4. The number of benzene rings is 1. The third-order valence-corrected chi connectivity index (χ3v) is 7.79. The van der Waals surface area contributed by atoms with Crippen LogP contribution in [0.2, 0.25) is 0 Å². The molecule has 2 atom stereocenters. The lowest BCUT2D eigenvalue weighted by atomic mass is 9.72. The number of hydrogen-bond acceptors (Lipinski definition) is 6. The summed E-state index contributed by atoms with van der Waals surface area (Å²) >= 11 is 0. The number of aromatic nitrogens is 2. The Morgan fingerprint density at radius 3 is 2.76 bits per heavy atom. The van der Waals surface area contributed by atoms with Gasteiger partial charge in [0.25, 0.3) is 5.56 Å². The van der Waals surface area contributed by atoms with Crippen molar-refractivity contribution in [3.63, 3.8) is 0 Å². The number of pyridine rings is 2. The van der Waals surface area contributed by atoms with E-state index >= 15 is 0 Å². The van der Waals surface area contributed by atoms with Crippen LogP contribution in [0.25, 0.3) is 22.3 Å². The van der Waals surface area contributed by atoms with Gasteiger partial charge >= 0.3 is 0 Å². The number of ketones is 1. The molecule has 2 aliphatic carbocycles. The first kappa shape index (κ1) is 20.7. The maximum Gasteiger partial charge on any atom is 0.254 e. The molecule has 0 amide bonds. The lowest BCUT2D eigenvalue weighted by Gasteiger charge is -2.37. The van der Waals surface area contributed by atoms with Crippen LogP contribution in [0, 0.1) is 12.7 Å². The number of Topliss-reactive ketones (excluding diaryl/α,β-unsaturated/α-hetero) is 1. The van der Waals surface area contributed by atoms with Crippen molar-refractivity contribution in [3.05, 3.63) is 61.7 Å². The van der Waals surface area contributed by atoms with Crippen LogP contribution in [-0.4, -0.2) is 32.2 Å². The minimum Gasteiger partial charge on any atom is -0.396 e. The van der Waals surface area contributed by atoms with Crippen LogP contribution < -0.4 is 11.3 Å². The number of aryl methyl sites for hydroxylation is 1. The van der Waals surface area contributed by atoms with Gasteiger partial charge in [-0.3, -0.25) is 9.59 Å². The normalized spacial score (nSPS) is 22.9. The van der Waals surface area contributed by atoms with Crippen LogP contribution in [0.4, 0.5) is 4.39 Å². The van der Waals surface area contributed by atoms with Crippen molar-refractivity contribution in [2.24, 2.45) is 5.73 Å². The monoisotopic (exact) mass is 449 g/mol. The zero-order chi connectivity index (χ0) is 23.2. The third kappa shape index (κ3) is 2.62. The Morgan fingerprint density at radius 2 is 2.00 bits per heavy atom. The van der Waals surface area contributed by atoms with Crippen LogP contribution in [0.3, 0.4) is 0 Å². The zero-order valence-corrected chi connectivity index (χ0v) is 18.2. The van der Waals surface area contributed by atoms with E-state index in [1.165, 1.54) is 6.07 Å². The van der Waals surface area contributed by atoms with Crippen molar-refractivity contribution in [1.29, 1.82) is 0 Å². The number of nitrogens with two attached hydrogens (primary N) is 1. The molecule has 0 fully saturated rings. The number of aliphatic hydroxyl groups excluding tert-OH is 2. The first-order valence-corrected chi connectivity index (χ1v) is 11.3. The van der Waals surface area contributed by atoms with Gasteiger partial charge in [-0.1, -0.05) is 0 Å². The third-order valence-electron chi connectivity index (χ3n) is 7.79. The average Bonchev–Trinajstić information content (AvgIpc) is 3.14. The predicted molar refractivity (Wildman–Crippen MR) is 119 cm³/mol. The summed E-state index contributed by atoms with van der Waals surface area (Å²) in [6, 6.07) is 3.08. The van der Waals surface area contributed by atoms with E-state index in [4.69, 9.17) is 10.7 Å². The second-order valence-electron chi connectivity index (χ2n) is 9.52.